The molecule has 4 aromatic rings. The molecular weight excluding hydrogens is 591 g/mol. The highest BCUT2D eigenvalue weighted by Gasteiger charge is 2.37. The Morgan fingerprint density at radius 1 is 0.773 bits per heavy atom. The Bertz CT molecular complexity index is 1920. The van der Waals surface area contributed by atoms with E-state index in [4.69, 9.17) is 0 Å². The van der Waals surface area contributed by atoms with Crippen molar-refractivity contribution in [2.45, 2.75) is 21.1 Å². The van der Waals surface area contributed by atoms with Crippen LogP contribution in [0.15, 0.2) is 125 Å². The van der Waals surface area contributed by atoms with Crippen molar-refractivity contribution < 1.29 is 19.2 Å². The Kier molecular flexibility index (Phi) is 7.41. The summed E-state index contributed by atoms with van der Waals surface area (Å²) in [5, 5.41) is 5.99. The number of nitrogens with zero attached hydrogens (tertiary/aromatic N) is 1. The van der Waals surface area contributed by atoms with Gasteiger partial charge in [-0.1, -0.05) is 78.9 Å². The number of para-hydroxylation sites is 1. The van der Waals surface area contributed by atoms with E-state index in [1.807, 2.05) is 66.8 Å². The molecule has 0 aromatic heterocycles. The second-order valence-electron chi connectivity index (χ2n) is 10.4. The van der Waals surface area contributed by atoms with Crippen LogP contribution in [0.2, 0.25) is 0 Å². The van der Waals surface area contributed by atoms with Gasteiger partial charge in [0.25, 0.3) is 0 Å². The van der Waals surface area contributed by atoms with Crippen molar-refractivity contribution in [3.63, 3.8) is 0 Å². The van der Waals surface area contributed by atoms with E-state index in [2.05, 4.69) is 16.7 Å². The molecule has 2 N–H and O–H groups in total. The molecule has 4 aromatic carbocycles. The van der Waals surface area contributed by atoms with Crippen LogP contribution in [-0.4, -0.2) is 40.5 Å². The number of nitrogens with one attached hydrogen (secondary N) is 2. The molecule has 1 heterocycles. The number of anilines is 3. The summed E-state index contributed by atoms with van der Waals surface area (Å²) in [5.41, 5.74) is 2.98. The third-order valence-corrected chi connectivity index (χ3v) is 9.94. The Hall–Kier alpha value is -4.86. The zero-order chi connectivity index (χ0) is 30.2. The van der Waals surface area contributed by atoms with Crippen LogP contribution in [0.1, 0.15) is 31.8 Å². The van der Waals surface area contributed by atoms with E-state index < -0.39 is 0 Å². The van der Waals surface area contributed by atoms with E-state index in [1.165, 1.54) is 11.8 Å². The number of amides is 3. The second kappa shape index (κ2) is 11.7. The molecule has 0 fully saturated rings. The van der Waals surface area contributed by atoms with Gasteiger partial charge in [0, 0.05) is 32.2 Å². The van der Waals surface area contributed by atoms with Gasteiger partial charge in [0.05, 0.1) is 34.0 Å². The summed E-state index contributed by atoms with van der Waals surface area (Å²) >= 11 is 3.06. The van der Waals surface area contributed by atoms with E-state index in [-0.39, 0.29) is 51.7 Å². The van der Waals surface area contributed by atoms with Crippen LogP contribution in [0.4, 0.5) is 21.9 Å². The van der Waals surface area contributed by atoms with Crippen molar-refractivity contribution in [1.82, 2.24) is 0 Å². The molecule has 0 bridgehead atoms. The van der Waals surface area contributed by atoms with Crippen molar-refractivity contribution in [1.29, 1.82) is 0 Å². The first kappa shape index (κ1) is 27.9. The van der Waals surface area contributed by atoms with Gasteiger partial charge in [-0.05, 0) is 36.4 Å². The molecule has 44 heavy (non-hydrogen) atoms. The molecule has 0 radical (unpaired) electrons. The maximum atomic E-state index is 13.6. The molecular formula is C35H25N3O4S2. The third kappa shape index (κ3) is 5.14. The Balaban J connectivity index is 1.04. The lowest BCUT2D eigenvalue weighted by molar-refractivity contribution is -0.113. The third-order valence-electron chi connectivity index (χ3n) is 7.64. The topological polar surface area (TPSA) is 95.6 Å². The molecule has 0 saturated heterocycles. The molecule has 0 saturated carbocycles. The fraction of sp³-hybridized carbons (Fsp3) is 0.0857. The van der Waals surface area contributed by atoms with Crippen LogP contribution >= 0.6 is 23.5 Å². The summed E-state index contributed by atoms with van der Waals surface area (Å²) in [6.45, 7) is 0. The highest BCUT2D eigenvalue weighted by atomic mass is 32.2. The summed E-state index contributed by atoms with van der Waals surface area (Å²) in [7, 11) is 0. The lowest BCUT2D eigenvalue weighted by atomic mass is 9.83. The van der Waals surface area contributed by atoms with Gasteiger partial charge in [0.1, 0.15) is 0 Å². The highest BCUT2D eigenvalue weighted by molar-refractivity contribution is 8.00. The van der Waals surface area contributed by atoms with Crippen molar-refractivity contribution in [3.8, 4) is 0 Å². The fourth-order valence-corrected chi connectivity index (χ4v) is 7.67. The Morgan fingerprint density at radius 2 is 1.50 bits per heavy atom. The van der Waals surface area contributed by atoms with Gasteiger partial charge in [-0.25, -0.2) is 4.79 Å². The van der Waals surface area contributed by atoms with Crippen molar-refractivity contribution >= 4 is 64.1 Å². The van der Waals surface area contributed by atoms with Gasteiger partial charge in [0.15, 0.2) is 11.6 Å². The van der Waals surface area contributed by atoms with Gasteiger partial charge in [-0.3, -0.25) is 19.3 Å². The molecule has 2 aliphatic carbocycles. The van der Waals surface area contributed by atoms with E-state index in [9.17, 15) is 19.2 Å². The van der Waals surface area contributed by atoms with E-state index in [0.29, 0.717) is 22.5 Å². The maximum absolute atomic E-state index is 13.6. The number of carbonyl (C=O) groups is 4. The number of fused-ring (bicyclic) bond motifs is 4. The van der Waals surface area contributed by atoms with E-state index in [0.717, 1.165) is 15.5 Å². The number of ketones is 2. The molecule has 0 spiro atoms. The highest BCUT2D eigenvalue weighted by Crippen LogP contribution is 2.43. The molecule has 2 unspecified atom stereocenters. The average Bonchev–Trinajstić information content (AvgIpc) is 3.05. The number of carbonyl (C=O) groups excluding carboxylic acids is 4. The van der Waals surface area contributed by atoms with E-state index in [1.54, 1.807) is 59.1 Å². The lowest BCUT2D eigenvalue weighted by Crippen LogP contribution is -2.49. The van der Waals surface area contributed by atoms with Gasteiger partial charge < -0.3 is 10.6 Å². The largest absolute Gasteiger partial charge is 0.326 e. The molecule has 3 amide bonds. The minimum absolute atomic E-state index is 0.0669. The molecule has 9 heteroatoms. The van der Waals surface area contributed by atoms with Crippen LogP contribution in [0.25, 0.3) is 0 Å². The first-order valence-electron chi connectivity index (χ1n) is 14.0. The zero-order valence-electron chi connectivity index (χ0n) is 23.2. The van der Waals surface area contributed by atoms with E-state index >= 15 is 0 Å². The first-order valence-corrected chi connectivity index (χ1v) is 15.9. The van der Waals surface area contributed by atoms with Gasteiger partial charge in [0.2, 0.25) is 5.91 Å². The minimum Gasteiger partial charge on any atom is -0.325 e. The monoisotopic (exact) mass is 615 g/mol. The minimum atomic E-state index is -0.317. The Morgan fingerprint density at radius 3 is 2.36 bits per heavy atom. The summed E-state index contributed by atoms with van der Waals surface area (Å²) in [4.78, 5) is 56.6. The summed E-state index contributed by atoms with van der Waals surface area (Å²) in [5.74, 6) is -0.777. The second-order valence-corrected chi connectivity index (χ2v) is 12.7. The summed E-state index contributed by atoms with van der Waals surface area (Å²) in [6, 6.07) is 26.5. The molecule has 216 valence electrons. The number of thioether (sulfide) groups is 2. The van der Waals surface area contributed by atoms with Crippen molar-refractivity contribution in [2.75, 3.05) is 21.3 Å². The molecule has 3 aliphatic rings. The molecule has 1 aliphatic heterocycles. The number of hydrogen-bond donors (Lipinski definition) is 2. The van der Waals surface area contributed by atoms with Crippen molar-refractivity contribution in [2.24, 2.45) is 0 Å². The SMILES string of the molecule is O=C(CSc1cccc(NC(=O)N2c3ccccc3SC3C=CC=CC32)c1)Nc1cccc2c1C(=O)c1ccccc1C2=O. The zero-order valence-corrected chi connectivity index (χ0v) is 24.9. The average molecular weight is 616 g/mol. The van der Waals surface area contributed by atoms with Gasteiger partial charge >= 0.3 is 6.03 Å². The van der Waals surface area contributed by atoms with Gasteiger partial charge in [-0.2, -0.15) is 0 Å². The first-order chi connectivity index (χ1) is 21.5. The van der Waals surface area contributed by atoms with Crippen molar-refractivity contribution in [3.05, 3.63) is 138 Å². The maximum Gasteiger partial charge on any atom is 0.326 e. The standard InChI is InChI=1S/C35H25N3O4S2/c39-31(37-26-14-8-13-25-32(26)34(41)24-12-2-1-11-23(24)33(25)40)20-43-22-10-7-9-21(19-22)36-35(42)38-27-15-3-5-17-29(27)44-30-18-6-4-16-28(30)38/h1-19,27,29H,20H2,(H,36,42)(H,37,39). The number of rotatable bonds is 5. The predicted octanol–water partition coefficient (Wildman–Crippen LogP) is 7.20. The number of benzene rings is 4. The number of allylic oxidation sites excluding steroid dienone is 2. The fourth-order valence-electron chi connectivity index (χ4n) is 5.66. The predicted molar refractivity (Wildman–Crippen MR) is 175 cm³/mol. The summed E-state index contributed by atoms with van der Waals surface area (Å²) < 4.78 is 0. The lowest BCUT2D eigenvalue weighted by Gasteiger charge is -2.40. The number of hydrogen-bond acceptors (Lipinski definition) is 6. The Labute approximate surface area is 262 Å². The van der Waals surface area contributed by atoms with Crippen LogP contribution in [-0.2, 0) is 4.79 Å². The van der Waals surface area contributed by atoms with Gasteiger partial charge in [-0.15, -0.1) is 23.5 Å². The van der Waals surface area contributed by atoms with Crippen LogP contribution in [0.3, 0.4) is 0 Å². The molecule has 7 rings (SSSR count). The van der Waals surface area contributed by atoms with Crippen LogP contribution < -0.4 is 15.5 Å². The smallest absolute Gasteiger partial charge is 0.325 e. The molecule has 7 nitrogen and oxygen atoms in total. The summed E-state index contributed by atoms with van der Waals surface area (Å²) in [6.07, 6.45) is 8.14. The molecule has 2 atom stereocenters. The number of urea groups is 1. The normalized spacial score (nSPS) is 17.7. The van der Waals surface area contributed by atoms with Crippen LogP contribution in [0, 0.1) is 0 Å². The quantitative estimate of drug-likeness (QED) is 0.203. The van der Waals surface area contributed by atoms with Crippen LogP contribution in [0.5, 0.6) is 0 Å².